The van der Waals surface area contributed by atoms with Gasteiger partial charge in [-0.2, -0.15) is 0 Å². The first-order valence-electron chi connectivity index (χ1n) is 8.37. The summed E-state index contributed by atoms with van der Waals surface area (Å²) < 4.78 is 7.85. The van der Waals surface area contributed by atoms with Gasteiger partial charge in [0.25, 0.3) is 0 Å². The van der Waals surface area contributed by atoms with E-state index in [1.54, 1.807) is 0 Å². The molecule has 1 unspecified atom stereocenters. The third kappa shape index (κ3) is 4.24. The third-order valence-corrected chi connectivity index (χ3v) is 5.27. The first-order chi connectivity index (χ1) is 11.3. The van der Waals surface area contributed by atoms with E-state index >= 15 is 0 Å². The fourth-order valence-electron chi connectivity index (χ4n) is 3.07. The second-order valence-corrected chi connectivity index (χ2v) is 6.99. The van der Waals surface area contributed by atoms with E-state index in [2.05, 4.69) is 20.1 Å². The van der Waals surface area contributed by atoms with Gasteiger partial charge in [0.15, 0.2) is 5.16 Å². The monoisotopic (exact) mass is 339 g/mol. The SMILES string of the molecule is CNCc1nnc(SCC(=O)N2CCCC2)n1CC1CCCO1. The molecule has 3 rings (SSSR count). The zero-order valence-corrected chi connectivity index (χ0v) is 14.5. The van der Waals surface area contributed by atoms with Crippen LogP contribution >= 0.6 is 11.8 Å². The number of carbonyl (C=O) groups excluding carboxylic acids is 1. The van der Waals surface area contributed by atoms with E-state index in [1.165, 1.54) is 11.8 Å². The molecule has 7 nitrogen and oxygen atoms in total. The van der Waals surface area contributed by atoms with Gasteiger partial charge >= 0.3 is 0 Å². The smallest absolute Gasteiger partial charge is 0.233 e. The van der Waals surface area contributed by atoms with Crippen LogP contribution in [-0.2, 0) is 22.6 Å². The van der Waals surface area contributed by atoms with E-state index in [1.807, 2.05) is 11.9 Å². The van der Waals surface area contributed by atoms with Crippen LogP contribution in [0.25, 0.3) is 0 Å². The van der Waals surface area contributed by atoms with Crippen molar-refractivity contribution in [2.24, 2.45) is 0 Å². The number of nitrogens with one attached hydrogen (secondary N) is 1. The summed E-state index contributed by atoms with van der Waals surface area (Å²) in [5, 5.41) is 12.5. The zero-order valence-electron chi connectivity index (χ0n) is 13.7. The van der Waals surface area contributed by atoms with Gasteiger partial charge in [-0.05, 0) is 32.7 Å². The van der Waals surface area contributed by atoms with E-state index in [9.17, 15) is 4.79 Å². The summed E-state index contributed by atoms with van der Waals surface area (Å²) in [5.74, 6) is 1.54. The van der Waals surface area contributed by atoms with Gasteiger partial charge in [-0.3, -0.25) is 4.79 Å². The Balaban J connectivity index is 1.63. The second-order valence-electron chi connectivity index (χ2n) is 6.05. The van der Waals surface area contributed by atoms with Crippen LogP contribution < -0.4 is 5.32 Å². The van der Waals surface area contributed by atoms with Crippen molar-refractivity contribution in [3.8, 4) is 0 Å². The van der Waals surface area contributed by atoms with Crippen molar-refractivity contribution in [1.29, 1.82) is 0 Å². The molecule has 8 heteroatoms. The molecule has 128 valence electrons. The molecule has 0 spiro atoms. The molecule has 0 bridgehead atoms. The Bertz CT molecular complexity index is 524. The Morgan fingerprint density at radius 1 is 1.35 bits per heavy atom. The van der Waals surface area contributed by atoms with Crippen LogP contribution in [0.4, 0.5) is 0 Å². The van der Waals surface area contributed by atoms with Crippen molar-refractivity contribution in [3.63, 3.8) is 0 Å². The van der Waals surface area contributed by atoms with Gasteiger partial charge in [-0.15, -0.1) is 10.2 Å². The second kappa shape index (κ2) is 8.12. The largest absolute Gasteiger partial charge is 0.376 e. The normalized spacial score (nSPS) is 21.3. The molecule has 1 N–H and O–H groups in total. The molecule has 3 heterocycles. The van der Waals surface area contributed by atoms with Gasteiger partial charge in [0.1, 0.15) is 5.82 Å². The number of likely N-dealkylation sites (tertiary alicyclic amines) is 1. The first-order valence-corrected chi connectivity index (χ1v) is 9.35. The molecule has 0 aliphatic carbocycles. The van der Waals surface area contributed by atoms with Crippen LogP contribution in [0.5, 0.6) is 0 Å². The summed E-state index contributed by atoms with van der Waals surface area (Å²) in [6.45, 7) is 4.06. The van der Waals surface area contributed by atoms with E-state index in [4.69, 9.17) is 4.74 Å². The minimum Gasteiger partial charge on any atom is -0.376 e. The lowest BCUT2D eigenvalue weighted by atomic mass is 10.2. The molecule has 0 saturated carbocycles. The van der Waals surface area contributed by atoms with Gasteiger partial charge in [0.2, 0.25) is 5.91 Å². The molecular weight excluding hydrogens is 314 g/mol. The van der Waals surface area contributed by atoms with Crippen molar-refractivity contribution in [2.75, 3.05) is 32.5 Å². The number of aromatic nitrogens is 3. The third-order valence-electron chi connectivity index (χ3n) is 4.32. The maximum Gasteiger partial charge on any atom is 0.233 e. The lowest BCUT2D eigenvalue weighted by molar-refractivity contribution is -0.127. The molecule has 2 saturated heterocycles. The van der Waals surface area contributed by atoms with Crippen LogP contribution in [0.1, 0.15) is 31.5 Å². The Hall–Kier alpha value is -1.12. The molecule has 0 radical (unpaired) electrons. The van der Waals surface area contributed by atoms with Gasteiger partial charge in [-0.25, -0.2) is 0 Å². The van der Waals surface area contributed by atoms with Crippen molar-refractivity contribution in [3.05, 3.63) is 5.82 Å². The summed E-state index contributed by atoms with van der Waals surface area (Å²) in [4.78, 5) is 14.2. The minimum atomic E-state index is 0.203. The highest BCUT2D eigenvalue weighted by Crippen LogP contribution is 2.22. The lowest BCUT2D eigenvalue weighted by Crippen LogP contribution is -2.29. The molecule has 1 atom stereocenters. The number of rotatable bonds is 7. The van der Waals surface area contributed by atoms with Gasteiger partial charge < -0.3 is 19.5 Å². The molecule has 2 aliphatic heterocycles. The number of thioether (sulfide) groups is 1. The predicted molar refractivity (Wildman–Crippen MR) is 88.3 cm³/mol. The molecule has 1 aromatic heterocycles. The Morgan fingerprint density at radius 2 is 2.17 bits per heavy atom. The number of hydrogen-bond acceptors (Lipinski definition) is 6. The highest BCUT2D eigenvalue weighted by Gasteiger charge is 2.23. The number of amides is 1. The summed E-state index contributed by atoms with van der Waals surface area (Å²) in [7, 11) is 1.90. The first kappa shape index (κ1) is 16.7. The van der Waals surface area contributed by atoms with Crippen LogP contribution in [0.2, 0.25) is 0 Å². The Labute approximate surface area is 141 Å². The average Bonchev–Trinajstić information content (AvgIpc) is 3.29. The van der Waals surface area contributed by atoms with Gasteiger partial charge in [0.05, 0.1) is 24.9 Å². The molecule has 1 amide bonds. The topological polar surface area (TPSA) is 72.3 Å². The molecular formula is C15H25N5O2S. The molecule has 23 heavy (non-hydrogen) atoms. The number of carbonyl (C=O) groups is 1. The number of nitrogens with zero attached hydrogens (tertiary/aromatic N) is 4. The number of ether oxygens (including phenoxy) is 1. The predicted octanol–water partition coefficient (Wildman–Crippen LogP) is 0.891. The fourth-order valence-corrected chi connectivity index (χ4v) is 3.94. The maximum absolute atomic E-state index is 12.2. The van der Waals surface area contributed by atoms with E-state index < -0.39 is 0 Å². The molecule has 0 aromatic carbocycles. The van der Waals surface area contributed by atoms with Crippen LogP contribution in [-0.4, -0.2) is 64.2 Å². The Kier molecular flexibility index (Phi) is 5.91. The zero-order chi connectivity index (χ0) is 16.1. The maximum atomic E-state index is 12.2. The standard InChI is InChI=1S/C15H25N5O2S/c1-16-9-13-17-18-15(20(13)10-12-5-4-8-22-12)23-11-14(21)19-6-2-3-7-19/h12,16H,2-11H2,1H3. The van der Waals surface area contributed by atoms with Crippen molar-refractivity contribution >= 4 is 17.7 Å². The van der Waals surface area contributed by atoms with Crippen LogP contribution in [0, 0.1) is 0 Å². The highest BCUT2D eigenvalue weighted by atomic mass is 32.2. The molecule has 2 aliphatic rings. The van der Waals surface area contributed by atoms with Gasteiger partial charge in [0, 0.05) is 19.7 Å². The van der Waals surface area contributed by atoms with Crippen molar-refractivity contribution in [2.45, 2.75) is 50.0 Å². The average molecular weight is 339 g/mol. The summed E-state index contributed by atoms with van der Waals surface area (Å²) >= 11 is 1.49. The lowest BCUT2D eigenvalue weighted by Gasteiger charge is -2.16. The van der Waals surface area contributed by atoms with E-state index in [0.717, 1.165) is 62.9 Å². The molecule has 2 fully saturated rings. The quantitative estimate of drug-likeness (QED) is 0.744. The number of hydrogen-bond donors (Lipinski definition) is 1. The highest BCUT2D eigenvalue weighted by molar-refractivity contribution is 7.99. The minimum absolute atomic E-state index is 0.203. The van der Waals surface area contributed by atoms with Gasteiger partial charge in [-0.1, -0.05) is 11.8 Å². The fraction of sp³-hybridized carbons (Fsp3) is 0.800. The summed E-state index contributed by atoms with van der Waals surface area (Å²) in [5.41, 5.74) is 0. The van der Waals surface area contributed by atoms with E-state index in [-0.39, 0.29) is 12.0 Å². The summed E-state index contributed by atoms with van der Waals surface area (Å²) in [6, 6.07) is 0. The van der Waals surface area contributed by atoms with Crippen molar-refractivity contribution < 1.29 is 9.53 Å². The van der Waals surface area contributed by atoms with Crippen molar-refractivity contribution in [1.82, 2.24) is 25.0 Å². The van der Waals surface area contributed by atoms with Crippen LogP contribution in [0.15, 0.2) is 5.16 Å². The molecule has 1 aromatic rings. The van der Waals surface area contributed by atoms with E-state index in [0.29, 0.717) is 12.3 Å². The Morgan fingerprint density at radius 3 is 2.87 bits per heavy atom. The summed E-state index contributed by atoms with van der Waals surface area (Å²) in [6.07, 6.45) is 4.67. The van der Waals surface area contributed by atoms with Crippen LogP contribution in [0.3, 0.4) is 0 Å².